The van der Waals surface area contributed by atoms with Gasteiger partial charge in [0.2, 0.25) is 5.76 Å². The first-order valence-corrected chi connectivity index (χ1v) is 12.1. The predicted octanol–water partition coefficient (Wildman–Crippen LogP) is 4.64. The number of aryl methyl sites for hydroxylation is 1. The van der Waals surface area contributed by atoms with Crippen LogP contribution in [0.25, 0.3) is 11.0 Å². The topological polar surface area (TPSA) is 108 Å². The molecule has 0 N–H and O–H groups in total. The largest absolute Gasteiger partial charge is 0.493 e. The van der Waals surface area contributed by atoms with Crippen molar-refractivity contribution in [2.45, 2.75) is 19.9 Å². The second-order valence-electron chi connectivity index (χ2n) is 8.14. The Morgan fingerprint density at radius 2 is 1.89 bits per heavy atom. The molecule has 1 aliphatic heterocycles. The van der Waals surface area contributed by atoms with E-state index in [0.29, 0.717) is 22.8 Å². The number of carbonyl (C=O) groups excluding carboxylic acids is 2. The van der Waals surface area contributed by atoms with Crippen LogP contribution in [0.3, 0.4) is 0 Å². The van der Waals surface area contributed by atoms with Crippen LogP contribution in [0.5, 0.6) is 11.5 Å². The average Bonchev–Trinajstić information content (AvgIpc) is 3.41. The third kappa shape index (κ3) is 3.91. The van der Waals surface area contributed by atoms with E-state index < -0.39 is 29.2 Å². The normalized spacial score (nSPS) is 14.7. The van der Waals surface area contributed by atoms with Gasteiger partial charge in [-0.3, -0.25) is 14.5 Å². The number of hydrogen-bond donors (Lipinski definition) is 0. The standard InChI is InChI=1S/C26H21FN2O7S/c1-5-35-25(32)23-12(2)28-26(37-23)29-20(13-6-8-17(33-3)18(10-13)34-4)19-21(30)15-11-14(27)7-9-16(15)36-22(19)24(29)31/h6-11,20H,5H2,1-4H3/t20-/m1/s1. The SMILES string of the molecule is CCOC(=O)c1sc(N2C(=O)c3oc4ccc(F)cc4c(=O)c3[C@H]2c2ccc(OC)c(OC)c2)nc1C. The Bertz CT molecular complexity index is 1630. The van der Waals surface area contributed by atoms with Crippen LogP contribution in [0.2, 0.25) is 0 Å². The number of anilines is 1. The highest BCUT2D eigenvalue weighted by Crippen LogP contribution is 2.44. The molecule has 0 aliphatic carbocycles. The van der Waals surface area contributed by atoms with Crippen LogP contribution in [0, 0.1) is 12.7 Å². The molecule has 2 aromatic heterocycles. The van der Waals surface area contributed by atoms with E-state index in [1.807, 2.05) is 0 Å². The summed E-state index contributed by atoms with van der Waals surface area (Å²) in [7, 11) is 2.95. The zero-order valence-electron chi connectivity index (χ0n) is 20.3. The first kappa shape index (κ1) is 24.4. The molecule has 11 heteroatoms. The number of carbonyl (C=O) groups is 2. The number of esters is 1. The minimum absolute atomic E-state index is 0.00130. The smallest absolute Gasteiger partial charge is 0.350 e. The molecule has 0 saturated heterocycles. The first-order chi connectivity index (χ1) is 17.8. The van der Waals surface area contributed by atoms with E-state index in [9.17, 15) is 18.8 Å². The van der Waals surface area contributed by atoms with Gasteiger partial charge in [0, 0.05) is 0 Å². The summed E-state index contributed by atoms with van der Waals surface area (Å²) in [5.41, 5.74) is 0.429. The number of methoxy groups -OCH3 is 2. The zero-order valence-corrected chi connectivity index (χ0v) is 21.1. The number of ether oxygens (including phenoxy) is 3. The maximum absolute atomic E-state index is 14.0. The number of aromatic nitrogens is 1. The van der Waals surface area contributed by atoms with E-state index in [-0.39, 0.29) is 38.9 Å². The maximum atomic E-state index is 14.0. The minimum atomic E-state index is -0.994. The van der Waals surface area contributed by atoms with Gasteiger partial charge in [-0.15, -0.1) is 0 Å². The summed E-state index contributed by atoms with van der Waals surface area (Å²) in [5, 5.41) is 0.174. The molecule has 1 aliphatic rings. The Balaban J connectivity index is 1.77. The predicted molar refractivity (Wildman–Crippen MR) is 133 cm³/mol. The Kier molecular flexibility index (Phi) is 6.16. The van der Waals surface area contributed by atoms with Gasteiger partial charge in [0.25, 0.3) is 5.91 Å². The molecule has 190 valence electrons. The summed E-state index contributed by atoms with van der Waals surface area (Å²) in [4.78, 5) is 45.9. The van der Waals surface area contributed by atoms with E-state index >= 15 is 0 Å². The van der Waals surface area contributed by atoms with Crippen LogP contribution >= 0.6 is 11.3 Å². The summed E-state index contributed by atoms with van der Waals surface area (Å²) >= 11 is 0.968. The summed E-state index contributed by atoms with van der Waals surface area (Å²) in [5.74, 6) is -1.16. The highest BCUT2D eigenvalue weighted by Gasteiger charge is 2.45. The number of thiazole rings is 1. The molecule has 4 aromatic rings. The maximum Gasteiger partial charge on any atom is 0.350 e. The molecule has 1 amide bonds. The summed E-state index contributed by atoms with van der Waals surface area (Å²) in [6.07, 6.45) is 0. The highest BCUT2D eigenvalue weighted by atomic mass is 32.1. The monoisotopic (exact) mass is 524 g/mol. The van der Waals surface area contributed by atoms with Gasteiger partial charge in [0.05, 0.1) is 43.5 Å². The van der Waals surface area contributed by atoms with Crippen LogP contribution in [0.15, 0.2) is 45.6 Å². The number of rotatable bonds is 6. The van der Waals surface area contributed by atoms with Gasteiger partial charge < -0.3 is 18.6 Å². The van der Waals surface area contributed by atoms with Crippen LogP contribution < -0.4 is 19.8 Å². The molecule has 0 saturated carbocycles. The van der Waals surface area contributed by atoms with Gasteiger partial charge in [-0.2, -0.15) is 0 Å². The van der Waals surface area contributed by atoms with Crippen molar-refractivity contribution in [3.63, 3.8) is 0 Å². The lowest BCUT2D eigenvalue weighted by atomic mass is 9.98. The van der Waals surface area contributed by atoms with Crippen molar-refractivity contribution in [2.24, 2.45) is 0 Å². The zero-order chi connectivity index (χ0) is 26.4. The number of fused-ring (bicyclic) bond motifs is 2. The van der Waals surface area contributed by atoms with Crippen LogP contribution in [-0.4, -0.2) is 37.7 Å². The highest BCUT2D eigenvalue weighted by molar-refractivity contribution is 7.17. The molecular weight excluding hydrogens is 503 g/mol. The third-order valence-corrected chi connectivity index (χ3v) is 7.14. The average molecular weight is 525 g/mol. The van der Waals surface area contributed by atoms with Crippen molar-refractivity contribution < 1.29 is 32.6 Å². The van der Waals surface area contributed by atoms with Crippen molar-refractivity contribution >= 4 is 39.3 Å². The van der Waals surface area contributed by atoms with Crippen molar-refractivity contribution in [3.8, 4) is 11.5 Å². The molecule has 2 aromatic carbocycles. The van der Waals surface area contributed by atoms with Gasteiger partial charge in [0.1, 0.15) is 16.3 Å². The molecule has 0 unspecified atom stereocenters. The summed E-state index contributed by atoms with van der Waals surface area (Å²) < 4.78 is 35.8. The van der Waals surface area contributed by atoms with Crippen molar-refractivity contribution in [1.29, 1.82) is 0 Å². The van der Waals surface area contributed by atoms with E-state index in [2.05, 4.69) is 4.98 Å². The van der Waals surface area contributed by atoms with E-state index in [4.69, 9.17) is 18.6 Å². The molecule has 37 heavy (non-hydrogen) atoms. The van der Waals surface area contributed by atoms with Crippen molar-refractivity contribution in [1.82, 2.24) is 4.98 Å². The number of amides is 1. The van der Waals surface area contributed by atoms with Crippen molar-refractivity contribution in [3.05, 3.63) is 79.9 Å². The second-order valence-corrected chi connectivity index (χ2v) is 9.12. The third-order valence-electron chi connectivity index (χ3n) is 6.01. The quantitative estimate of drug-likeness (QED) is 0.336. The van der Waals surface area contributed by atoms with Crippen LogP contribution in [-0.2, 0) is 4.74 Å². The molecule has 0 spiro atoms. The van der Waals surface area contributed by atoms with E-state index in [1.54, 1.807) is 32.0 Å². The summed E-state index contributed by atoms with van der Waals surface area (Å²) in [6, 6.07) is 7.51. The Morgan fingerprint density at radius 1 is 1.14 bits per heavy atom. The first-order valence-electron chi connectivity index (χ1n) is 11.2. The number of hydrogen-bond acceptors (Lipinski definition) is 9. The number of halogens is 1. The molecule has 0 fully saturated rings. The van der Waals surface area contributed by atoms with Crippen LogP contribution in [0.4, 0.5) is 9.52 Å². The lowest BCUT2D eigenvalue weighted by molar-refractivity contribution is 0.0531. The molecule has 9 nitrogen and oxygen atoms in total. The molecule has 5 rings (SSSR count). The van der Waals surface area contributed by atoms with Gasteiger partial charge in [-0.1, -0.05) is 17.4 Å². The molecule has 3 heterocycles. The lowest BCUT2D eigenvalue weighted by Crippen LogP contribution is -2.29. The van der Waals surface area contributed by atoms with Gasteiger partial charge in [0.15, 0.2) is 22.1 Å². The van der Waals surface area contributed by atoms with Gasteiger partial charge in [-0.25, -0.2) is 14.2 Å². The fourth-order valence-corrected chi connectivity index (χ4v) is 5.34. The molecule has 0 radical (unpaired) electrons. The molecule has 0 bridgehead atoms. The minimum Gasteiger partial charge on any atom is -0.493 e. The van der Waals surface area contributed by atoms with Gasteiger partial charge >= 0.3 is 5.97 Å². The Labute approximate surface area is 214 Å². The van der Waals surface area contributed by atoms with E-state index in [0.717, 1.165) is 23.5 Å². The Morgan fingerprint density at radius 3 is 2.59 bits per heavy atom. The second kappa shape index (κ2) is 9.32. The molecule has 1 atom stereocenters. The summed E-state index contributed by atoms with van der Waals surface area (Å²) in [6.45, 7) is 3.49. The Hall–Kier alpha value is -4.25. The van der Waals surface area contributed by atoms with Crippen molar-refractivity contribution in [2.75, 3.05) is 25.7 Å². The number of nitrogens with zero attached hydrogens (tertiary/aromatic N) is 2. The van der Waals surface area contributed by atoms with Crippen LogP contribution in [0.1, 0.15) is 50.0 Å². The fourth-order valence-electron chi connectivity index (χ4n) is 4.35. The van der Waals surface area contributed by atoms with E-state index in [1.165, 1.54) is 25.2 Å². The fraction of sp³-hybridized carbons (Fsp3) is 0.231. The molecular formula is C26H21FN2O7S. The number of benzene rings is 2. The van der Waals surface area contributed by atoms with Gasteiger partial charge in [-0.05, 0) is 49.7 Å². The lowest BCUT2D eigenvalue weighted by Gasteiger charge is -2.23.